The SMILES string of the molecule is CCCC(C)(C)CCC1CC(C)(O)CC(=O)O1. The zero-order valence-electron chi connectivity index (χ0n) is 11.6. The average molecular weight is 242 g/mol. The Bertz CT molecular complexity index is 269. The number of rotatable bonds is 5. The molecule has 0 bridgehead atoms. The topological polar surface area (TPSA) is 46.5 Å². The van der Waals surface area contributed by atoms with E-state index in [2.05, 4.69) is 20.8 Å². The van der Waals surface area contributed by atoms with Crippen molar-refractivity contribution in [1.82, 2.24) is 0 Å². The number of esters is 1. The van der Waals surface area contributed by atoms with Crippen LogP contribution in [0.5, 0.6) is 0 Å². The van der Waals surface area contributed by atoms with E-state index in [4.69, 9.17) is 4.74 Å². The summed E-state index contributed by atoms with van der Waals surface area (Å²) in [7, 11) is 0. The number of carbonyl (C=O) groups excluding carboxylic acids is 1. The largest absolute Gasteiger partial charge is 0.462 e. The molecule has 1 aliphatic rings. The molecule has 1 heterocycles. The van der Waals surface area contributed by atoms with Crippen LogP contribution in [0.15, 0.2) is 0 Å². The van der Waals surface area contributed by atoms with E-state index in [9.17, 15) is 9.90 Å². The predicted molar refractivity (Wildman–Crippen MR) is 67.7 cm³/mol. The van der Waals surface area contributed by atoms with Crippen LogP contribution in [0.4, 0.5) is 0 Å². The third-order valence-corrected chi connectivity index (χ3v) is 3.56. The van der Waals surface area contributed by atoms with Crippen LogP contribution >= 0.6 is 0 Å². The number of hydrogen-bond acceptors (Lipinski definition) is 3. The molecule has 0 radical (unpaired) electrons. The Labute approximate surface area is 105 Å². The van der Waals surface area contributed by atoms with Crippen molar-refractivity contribution < 1.29 is 14.6 Å². The fraction of sp³-hybridized carbons (Fsp3) is 0.929. The molecule has 1 aliphatic heterocycles. The summed E-state index contributed by atoms with van der Waals surface area (Å²) in [6.45, 7) is 8.41. The minimum Gasteiger partial charge on any atom is -0.462 e. The van der Waals surface area contributed by atoms with Gasteiger partial charge in [0.1, 0.15) is 6.10 Å². The zero-order valence-corrected chi connectivity index (χ0v) is 11.6. The first-order valence-corrected chi connectivity index (χ1v) is 6.66. The number of carbonyl (C=O) groups is 1. The van der Waals surface area contributed by atoms with Gasteiger partial charge in [-0.3, -0.25) is 4.79 Å². The van der Waals surface area contributed by atoms with Crippen LogP contribution in [-0.2, 0) is 9.53 Å². The summed E-state index contributed by atoms with van der Waals surface area (Å²) in [6.07, 6.45) is 4.84. The van der Waals surface area contributed by atoms with Gasteiger partial charge < -0.3 is 9.84 Å². The van der Waals surface area contributed by atoms with Gasteiger partial charge in [-0.2, -0.15) is 0 Å². The van der Waals surface area contributed by atoms with Gasteiger partial charge in [0.2, 0.25) is 0 Å². The lowest BCUT2D eigenvalue weighted by molar-refractivity contribution is -0.169. The smallest absolute Gasteiger partial charge is 0.308 e. The van der Waals surface area contributed by atoms with E-state index in [1.807, 2.05) is 0 Å². The molecule has 0 aliphatic carbocycles. The van der Waals surface area contributed by atoms with Gasteiger partial charge in [-0.1, -0.05) is 27.2 Å². The van der Waals surface area contributed by atoms with Gasteiger partial charge in [0, 0.05) is 6.42 Å². The summed E-state index contributed by atoms with van der Waals surface area (Å²) in [5, 5.41) is 9.95. The molecule has 1 rings (SSSR count). The van der Waals surface area contributed by atoms with E-state index >= 15 is 0 Å². The van der Waals surface area contributed by atoms with Crippen molar-refractivity contribution in [3.05, 3.63) is 0 Å². The highest BCUT2D eigenvalue weighted by atomic mass is 16.5. The normalized spacial score (nSPS) is 30.2. The fourth-order valence-electron chi connectivity index (χ4n) is 2.66. The molecule has 0 aromatic carbocycles. The summed E-state index contributed by atoms with van der Waals surface area (Å²) in [4.78, 5) is 11.4. The van der Waals surface area contributed by atoms with Crippen molar-refractivity contribution in [2.45, 2.75) is 77.9 Å². The number of hydrogen-bond donors (Lipinski definition) is 1. The van der Waals surface area contributed by atoms with Gasteiger partial charge in [0.15, 0.2) is 0 Å². The Balaban J connectivity index is 2.44. The summed E-state index contributed by atoms with van der Waals surface area (Å²) >= 11 is 0. The van der Waals surface area contributed by atoms with Gasteiger partial charge in [-0.25, -0.2) is 0 Å². The highest BCUT2D eigenvalue weighted by Gasteiger charge is 2.36. The molecule has 3 heteroatoms. The molecule has 3 nitrogen and oxygen atoms in total. The van der Waals surface area contributed by atoms with Gasteiger partial charge >= 0.3 is 5.97 Å². The highest BCUT2D eigenvalue weighted by molar-refractivity contribution is 5.71. The molecular formula is C14H26O3. The lowest BCUT2D eigenvalue weighted by Gasteiger charge is -2.35. The lowest BCUT2D eigenvalue weighted by Crippen LogP contribution is -2.41. The third-order valence-electron chi connectivity index (χ3n) is 3.56. The second-order valence-electron chi connectivity index (χ2n) is 6.44. The maximum absolute atomic E-state index is 11.4. The minimum atomic E-state index is -0.880. The van der Waals surface area contributed by atoms with E-state index in [0.29, 0.717) is 11.8 Å². The first-order chi connectivity index (χ1) is 7.74. The maximum Gasteiger partial charge on any atom is 0.308 e. The van der Waals surface area contributed by atoms with Crippen LogP contribution in [0.2, 0.25) is 0 Å². The van der Waals surface area contributed by atoms with Crippen molar-refractivity contribution in [2.24, 2.45) is 5.41 Å². The third kappa shape index (κ3) is 5.07. The van der Waals surface area contributed by atoms with Crippen molar-refractivity contribution in [1.29, 1.82) is 0 Å². The van der Waals surface area contributed by atoms with Crippen LogP contribution in [0.1, 0.15) is 66.2 Å². The first-order valence-electron chi connectivity index (χ1n) is 6.66. The monoisotopic (exact) mass is 242 g/mol. The Morgan fingerprint density at radius 2 is 2.12 bits per heavy atom. The molecule has 1 N–H and O–H groups in total. The molecule has 0 aromatic heterocycles. The standard InChI is InChI=1S/C14H26O3/c1-5-7-13(2,3)8-6-11-9-14(4,16)10-12(15)17-11/h11,16H,5-10H2,1-4H3. The van der Waals surface area contributed by atoms with Crippen LogP contribution in [-0.4, -0.2) is 22.8 Å². The predicted octanol–water partition coefficient (Wildman–Crippen LogP) is 3.05. The molecule has 2 atom stereocenters. The highest BCUT2D eigenvalue weighted by Crippen LogP contribution is 2.33. The number of cyclic esters (lactones) is 1. The van der Waals surface area contributed by atoms with Crippen LogP contribution < -0.4 is 0 Å². The van der Waals surface area contributed by atoms with E-state index in [-0.39, 0.29) is 18.5 Å². The maximum atomic E-state index is 11.4. The van der Waals surface area contributed by atoms with Crippen molar-refractivity contribution >= 4 is 5.97 Å². The van der Waals surface area contributed by atoms with E-state index in [1.54, 1.807) is 6.92 Å². The van der Waals surface area contributed by atoms with Crippen LogP contribution in [0.25, 0.3) is 0 Å². The molecule has 1 fully saturated rings. The molecule has 2 unspecified atom stereocenters. The molecule has 0 amide bonds. The van der Waals surface area contributed by atoms with Crippen LogP contribution in [0, 0.1) is 5.41 Å². The Morgan fingerprint density at radius 3 is 2.65 bits per heavy atom. The molecule has 0 saturated carbocycles. The summed E-state index contributed by atoms with van der Waals surface area (Å²) < 4.78 is 5.30. The Morgan fingerprint density at radius 1 is 1.47 bits per heavy atom. The Kier molecular flexibility index (Phi) is 4.59. The second kappa shape index (κ2) is 5.38. The average Bonchev–Trinajstić information content (AvgIpc) is 2.11. The van der Waals surface area contributed by atoms with Crippen molar-refractivity contribution in [3.63, 3.8) is 0 Å². The molecule has 100 valence electrons. The quantitative estimate of drug-likeness (QED) is 0.754. The summed E-state index contributed by atoms with van der Waals surface area (Å²) in [5.41, 5.74) is -0.584. The van der Waals surface area contributed by atoms with Gasteiger partial charge in [0.05, 0.1) is 12.0 Å². The number of aliphatic hydroxyl groups is 1. The molecular weight excluding hydrogens is 216 g/mol. The molecule has 0 aromatic rings. The lowest BCUT2D eigenvalue weighted by atomic mass is 9.80. The molecule has 17 heavy (non-hydrogen) atoms. The van der Waals surface area contributed by atoms with Crippen LogP contribution in [0.3, 0.4) is 0 Å². The summed E-state index contributed by atoms with van der Waals surface area (Å²) in [5.74, 6) is -0.264. The molecule has 1 saturated heterocycles. The van der Waals surface area contributed by atoms with Gasteiger partial charge in [-0.05, 0) is 31.6 Å². The van der Waals surface area contributed by atoms with E-state index in [1.165, 1.54) is 12.8 Å². The van der Waals surface area contributed by atoms with Crippen molar-refractivity contribution in [2.75, 3.05) is 0 Å². The Hall–Kier alpha value is -0.570. The summed E-state index contributed by atoms with van der Waals surface area (Å²) in [6, 6.07) is 0. The molecule has 0 spiro atoms. The number of ether oxygens (including phenoxy) is 1. The van der Waals surface area contributed by atoms with E-state index < -0.39 is 5.60 Å². The minimum absolute atomic E-state index is 0.109. The zero-order chi connectivity index (χ0) is 13.1. The van der Waals surface area contributed by atoms with Gasteiger partial charge in [-0.15, -0.1) is 0 Å². The fourth-order valence-corrected chi connectivity index (χ4v) is 2.66. The van der Waals surface area contributed by atoms with E-state index in [0.717, 1.165) is 12.8 Å². The second-order valence-corrected chi connectivity index (χ2v) is 6.44. The van der Waals surface area contributed by atoms with Gasteiger partial charge in [0.25, 0.3) is 0 Å². The van der Waals surface area contributed by atoms with Crippen molar-refractivity contribution in [3.8, 4) is 0 Å². The first kappa shape index (κ1) is 14.5.